The summed E-state index contributed by atoms with van der Waals surface area (Å²) in [6.45, 7) is 3.81. The number of carbonyl (C=O) groups is 3. The molecule has 0 saturated carbocycles. The highest BCUT2D eigenvalue weighted by atomic mass is 35.5. The van der Waals surface area contributed by atoms with Crippen LogP contribution in [0.3, 0.4) is 0 Å². The molecule has 2 atom stereocenters. The molecule has 3 aromatic carbocycles. The van der Waals surface area contributed by atoms with Crippen LogP contribution in [0.25, 0.3) is 0 Å². The molecule has 7 rings (SSSR count). The molecule has 1 N–H and O–H groups in total. The maximum Gasteiger partial charge on any atom is 0.490 e. The predicted molar refractivity (Wildman–Crippen MR) is 204 cm³/mol. The number of halogens is 6. The van der Waals surface area contributed by atoms with Crippen LogP contribution in [0.2, 0.25) is 10.0 Å². The number of fused-ring (bicyclic) bond motifs is 1. The first-order valence-electron chi connectivity index (χ1n) is 17.7. The Bertz CT molecular complexity index is 2340. The number of carboxylic acids is 1. The smallest absolute Gasteiger partial charge is 0.475 e. The van der Waals surface area contributed by atoms with Crippen molar-refractivity contribution in [3.05, 3.63) is 128 Å². The van der Waals surface area contributed by atoms with Crippen LogP contribution in [-0.2, 0) is 24.3 Å². The lowest BCUT2D eigenvalue weighted by Crippen LogP contribution is -2.53. The number of sulfonamides is 1. The minimum atomic E-state index is -5.08. The van der Waals surface area contributed by atoms with Gasteiger partial charge in [-0.05, 0) is 59.7 Å². The highest BCUT2D eigenvalue weighted by Crippen LogP contribution is 2.49. The number of alkyl halides is 3. The van der Waals surface area contributed by atoms with Crippen molar-refractivity contribution in [2.24, 2.45) is 0 Å². The molecule has 13 nitrogen and oxygen atoms in total. The van der Waals surface area contributed by atoms with E-state index in [1.807, 2.05) is 4.90 Å². The third-order valence-corrected chi connectivity index (χ3v) is 12.1. The van der Waals surface area contributed by atoms with E-state index in [0.29, 0.717) is 60.6 Å². The first-order chi connectivity index (χ1) is 27.5. The molecule has 4 aromatic rings. The zero-order valence-electron chi connectivity index (χ0n) is 30.3. The van der Waals surface area contributed by atoms with Crippen molar-refractivity contribution in [2.45, 2.75) is 23.2 Å². The number of rotatable bonds is 7. The van der Waals surface area contributed by atoms with Crippen LogP contribution in [0, 0.1) is 5.82 Å². The largest absolute Gasteiger partial charge is 0.490 e. The number of ether oxygens (including phenoxy) is 1. The van der Waals surface area contributed by atoms with Crippen molar-refractivity contribution < 1.29 is 50.2 Å². The fourth-order valence-electron chi connectivity index (χ4n) is 6.95. The zero-order chi connectivity index (χ0) is 41.9. The van der Waals surface area contributed by atoms with E-state index in [0.717, 1.165) is 10.4 Å². The van der Waals surface area contributed by atoms with E-state index in [2.05, 4.69) is 0 Å². The maximum atomic E-state index is 15.2. The van der Waals surface area contributed by atoms with Crippen LogP contribution in [0.5, 0.6) is 0 Å². The number of morpholine rings is 1. The quantitative estimate of drug-likeness (QED) is 0.251. The Labute approximate surface area is 339 Å². The van der Waals surface area contributed by atoms with Gasteiger partial charge in [0.25, 0.3) is 21.5 Å². The lowest BCUT2D eigenvalue weighted by Gasteiger charge is -2.36. The van der Waals surface area contributed by atoms with Gasteiger partial charge in [-0.15, -0.1) is 0 Å². The molecule has 0 unspecified atom stereocenters. The zero-order valence-corrected chi connectivity index (χ0v) is 32.6. The van der Waals surface area contributed by atoms with Crippen molar-refractivity contribution in [3.63, 3.8) is 0 Å². The summed E-state index contributed by atoms with van der Waals surface area (Å²) in [6.07, 6.45) is -5.08. The van der Waals surface area contributed by atoms with E-state index in [1.165, 1.54) is 34.9 Å². The first kappa shape index (κ1) is 42.6. The van der Waals surface area contributed by atoms with Gasteiger partial charge in [0.2, 0.25) is 5.91 Å². The Kier molecular flexibility index (Phi) is 12.8. The van der Waals surface area contributed by atoms with Crippen LogP contribution in [0.4, 0.5) is 23.4 Å². The fraction of sp³-hybridized carbons (Fsp3) is 0.316. The standard InChI is InChI=1S/C36H34Cl2FN5O6S.C2HF3O2/c37-26-9-5-24(6-10-26)33-34(25-7-11-27(38)12-8-25)44(51(48,49)30-4-2-1-3-29(30)39)31-14-13-28(36(47)43(31)33)35(46)42-17-15-40(16-18-42)23-32(45)41-19-21-50-22-20-41;3-2(4,5)1(6)7/h1-14,33-34H,15-23H2;(H,6,7)/t33-,34+;/m0./s1. The first-order valence-corrected chi connectivity index (χ1v) is 19.9. The van der Waals surface area contributed by atoms with Crippen molar-refractivity contribution in [2.75, 3.05) is 63.3 Å². The summed E-state index contributed by atoms with van der Waals surface area (Å²) in [6, 6.07) is 18.9. The number of piperazine rings is 1. The number of carboxylic acid groups (broad SMARTS) is 1. The van der Waals surface area contributed by atoms with Gasteiger partial charge in [0.1, 0.15) is 22.1 Å². The Morgan fingerprint density at radius 3 is 1.83 bits per heavy atom. The second-order valence-corrected chi connectivity index (χ2v) is 16.0. The second kappa shape index (κ2) is 17.5. The highest BCUT2D eigenvalue weighted by molar-refractivity contribution is 7.92. The van der Waals surface area contributed by atoms with Gasteiger partial charge in [0.15, 0.2) is 0 Å². The van der Waals surface area contributed by atoms with Gasteiger partial charge in [0.05, 0.1) is 31.8 Å². The molecule has 4 heterocycles. The molecule has 2 amide bonds. The van der Waals surface area contributed by atoms with Crippen LogP contribution >= 0.6 is 23.2 Å². The third-order valence-electron chi connectivity index (χ3n) is 9.80. The molecule has 0 bridgehead atoms. The van der Waals surface area contributed by atoms with Gasteiger partial charge in [-0.25, -0.2) is 21.9 Å². The monoisotopic (exact) mass is 867 g/mol. The third kappa shape index (κ3) is 9.00. The summed E-state index contributed by atoms with van der Waals surface area (Å²) >= 11 is 12.5. The topological polar surface area (TPSA) is 150 Å². The molecule has 0 spiro atoms. The SMILES string of the molecule is O=C(CN1CCN(C(=O)c2ccc3n(c2=O)[C@@H](c2ccc(Cl)cc2)[C@@H](c2ccc(Cl)cc2)N3S(=O)(=O)c2ccccc2F)CC1)N1CCOCC1.O=C(O)C(F)(F)F. The summed E-state index contributed by atoms with van der Waals surface area (Å²) in [7, 11) is -4.63. The van der Waals surface area contributed by atoms with Crippen LogP contribution in [0.1, 0.15) is 33.6 Å². The van der Waals surface area contributed by atoms with Crippen molar-refractivity contribution in [1.29, 1.82) is 0 Å². The Morgan fingerprint density at radius 2 is 1.29 bits per heavy atom. The molecule has 0 radical (unpaired) electrons. The van der Waals surface area contributed by atoms with Gasteiger partial charge < -0.3 is 19.6 Å². The average molecular weight is 869 g/mol. The molecule has 58 heavy (non-hydrogen) atoms. The second-order valence-electron chi connectivity index (χ2n) is 13.4. The molecule has 2 saturated heterocycles. The lowest BCUT2D eigenvalue weighted by molar-refractivity contribution is -0.192. The molecule has 1 aromatic heterocycles. The van der Waals surface area contributed by atoms with E-state index in [4.69, 9.17) is 37.8 Å². The molecule has 0 aliphatic carbocycles. The van der Waals surface area contributed by atoms with E-state index in [-0.39, 0.29) is 36.9 Å². The average Bonchev–Trinajstić information content (AvgIpc) is 3.56. The van der Waals surface area contributed by atoms with Crippen LogP contribution in [-0.4, -0.2) is 116 Å². The van der Waals surface area contributed by atoms with Crippen molar-refractivity contribution in [3.8, 4) is 0 Å². The van der Waals surface area contributed by atoms with Gasteiger partial charge >= 0.3 is 12.1 Å². The molecule has 3 aliphatic rings. The number of hydrogen-bond donors (Lipinski definition) is 1. The number of hydrogen-bond acceptors (Lipinski definition) is 8. The minimum absolute atomic E-state index is 0.00770. The van der Waals surface area contributed by atoms with Gasteiger partial charge in [-0.2, -0.15) is 13.2 Å². The number of benzene rings is 3. The summed E-state index contributed by atoms with van der Waals surface area (Å²) in [5.41, 5.74) is 0.179. The Hall–Kier alpha value is -5.01. The molecular formula is C38H35Cl2F4N5O8S. The Balaban J connectivity index is 0.000000743. The molecular weight excluding hydrogens is 833 g/mol. The number of amides is 2. The van der Waals surface area contributed by atoms with E-state index in [1.54, 1.807) is 58.3 Å². The van der Waals surface area contributed by atoms with E-state index >= 15 is 4.39 Å². The van der Waals surface area contributed by atoms with Crippen LogP contribution < -0.4 is 9.86 Å². The summed E-state index contributed by atoms with van der Waals surface area (Å²) in [4.78, 5) is 55.0. The molecule has 20 heteroatoms. The van der Waals surface area contributed by atoms with Gasteiger partial charge in [-0.3, -0.25) is 23.9 Å². The minimum Gasteiger partial charge on any atom is -0.475 e. The molecule has 308 valence electrons. The number of anilines is 1. The number of aliphatic carboxylic acids is 1. The lowest BCUT2D eigenvalue weighted by atomic mass is 9.94. The van der Waals surface area contributed by atoms with E-state index < -0.39 is 56.4 Å². The van der Waals surface area contributed by atoms with Crippen molar-refractivity contribution in [1.82, 2.24) is 19.3 Å². The fourth-order valence-corrected chi connectivity index (χ4v) is 8.91. The van der Waals surface area contributed by atoms with Crippen molar-refractivity contribution >= 4 is 56.8 Å². The molecule has 3 aliphatic heterocycles. The summed E-state index contributed by atoms with van der Waals surface area (Å²) in [5, 5.41) is 7.97. The number of carbonyl (C=O) groups excluding carboxylic acids is 2. The normalized spacial score (nSPS) is 18.6. The highest BCUT2D eigenvalue weighted by Gasteiger charge is 2.48. The van der Waals surface area contributed by atoms with Gasteiger partial charge in [-0.1, -0.05) is 59.6 Å². The molecule has 2 fully saturated rings. The van der Waals surface area contributed by atoms with Gasteiger partial charge in [0, 0.05) is 49.3 Å². The Morgan fingerprint density at radius 1 is 0.759 bits per heavy atom. The number of pyridine rings is 1. The number of aromatic nitrogens is 1. The maximum absolute atomic E-state index is 15.2. The predicted octanol–water partition coefficient (Wildman–Crippen LogP) is 5.08. The van der Waals surface area contributed by atoms with Crippen LogP contribution in [0.15, 0.2) is 94.6 Å². The summed E-state index contributed by atoms with van der Waals surface area (Å²) in [5.74, 6) is -4.25. The number of nitrogens with zero attached hydrogens (tertiary/aromatic N) is 5. The summed E-state index contributed by atoms with van der Waals surface area (Å²) < 4.78 is 83.6. The van der Waals surface area contributed by atoms with E-state index in [9.17, 15) is 36.0 Å².